The number of H-pyrrole nitrogens is 2. The molecule has 2 aromatic heterocycles. The van der Waals surface area contributed by atoms with Crippen molar-refractivity contribution in [2.75, 3.05) is 32.8 Å². The Bertz CT molecular complexity index is 3280. The van der Waals surface area contributed by atoms with Crippen LogP contribution in [0.1, 0.15) is 102 Å². The number of carbonyl (C=O) groups is 12. The molecule has 2 aromatic carbocycles. The molecule has 33 heteroatoms. The molecule has 9 atom stereocenters. The van der Waals surface area contributed by atoms with Gasteiger partial charge in [0.1, 0.15) is 66.7 Å². The number of imidazole rings is 1. The number of benzene rings is 2. The summed E-state index contributed by atoms with van der Waals surface area (Å²) in [6.45, 7) is 3.36. The van der Waals surface area contributed by atoms with Gasteiger partial charge in [-0.15, -0.1) is 0 Å². The van der Waals surface area contributed by atoms with Gasteiger partial charge in [0.15, 0.2) is 5.96 Å². The van der Waals surface area contributed by atoms with Crippen LogP contribution >= 0.6 is 0 Å². The predicted octanol–water partition coefficient (Wildman–Crippen LogP) is -3.20. The van der Waals surface area contributed by atoms with E-state index in [0.717, 1.165) is 6.92 Å². The fourth-order valence-electron chi connectivity index (χ4n) is 10.6. The number of unbranched alkanes of at least 4 members (excludes halogenated alkanes) is 1. The van der Waals surface area contributed by atoms with E-state index in [0.29, 0.717) is 40.6 Å². The highest BCUT2D eigenvalue weighted by Crippen LogP contribution is 2.22. The molecule has 512 valence electrons. The highest BCUT2D eigenvalue weighted by atomic mass is 16.4. The van der Waals surface area contributed by atoms with Crippen molar-refractivity contribution in [3.8, 4) is 5.75 Å². The topological polar surface area (TPSA) is 532 Å². The third-order valence-corrected chi connectivity index (χ3v) is 15.2. The first kappa shape index (κ1) is 74.5. The number of aliphatic imine (C=N–C) groups is 1. The van der Waals surface area contributed by atoms with Gasteiger partial charge in [0.2, 0.25) is 59.1 Å². The molecule has 6 rings (SSSR count). The summed E-state index contributed by atoms with van der Waals surface area (Å²) in [5.74, 6) is -10.4. The van der Waals surface area contributed by atoms with Crippen molar-refractivity contribution in [2.24, 2.45) is 28.1 Å². The number of phenols is 1. The zero-order valence-corrected chi connectivity index (χ0v) is 52.6. The molecule has 0 bridgehead atoms. The van der Waals surface area contributed by atoms with Crippen molar-refractivity contribution in [3.05, 3.63) is 84.1 Å². The minimum absolute atomic E-state index is 0.0166. The van der Waals surface area contributed by atoms with Crippen LogP contribution in [0.3, 0.4) is 0 Å². The van der Waals surface area contributed by atoms with Crippen LogP contribution < -0.4 is 65.1 Å². The molecule has 0 spiro atoms. The number of likely N-dealkylation sites (tertiary alicyclic amines) is 1. The number of aromatic nitrogens is 3. The molecule has 4 aromatic rings. The molecule has 0 radical (unpaired) electrons. The first-order chi connectivity index (χ1) is 44.8. The highest BCUT2D eigenvalue weighted by molar-refractivity contribution is 5.99. The number of nitrogens with zero attached hydrogens (tertiary/aromatic N) is 3. The van der Waals surface area contributed by atoms with Crippen LogP contribution in [-0.4, -0.2) is 204 Å². The Balaban J connectivity index is 0.00000388. The molecular formula is C61H87N17O16. The third-order valence-electron chi connectivity index (χ3n) is 15.2. The summed E-state index contributed by atoms with van der Waals surface area (Å²) in [6, 6.07) is 0.722. The van der Waals surface area contributed by atoms with Gasteiger partial charge in [-0.1, -0.05) is 44.2 Å². The number of rotatable bonds is 35. The summed E-state index contributed by atoms with van der Waals surface area (Å²) in [5, 5.41) is 61.7. The first-order valence-corrected chi connectivity index (χ1v) is 30.8. The summed E-state index contributed by atoms with van der Waals surface area (Å²) in [6.07, 6.45) is 5.67. The van der Waals surface area contributed by atoms with E-state index in [1.807, 2.05) is 0 Å². The standard InChI is InChI=1S/C59H83N17O14.C2H4O2/c1-32(2)23-42(52(84)70-41(12-7-21-64-59(61)62)58(90)76-22-8-13-47(76)57(89)66-29-49(80)81)71-50(82)39(11-5-6-20-60)69-53(85)43(24-33-14-16-36(78)17-15-33)72-56(88)46(30-77)75-54(86)44(25-34-27-65-38-10-4-3-9-37(34)38)73-55(87)45(26-35-28-63-31-67-35)74-51(83)40-18-19-48(79)68-40;1-2(3)4/h3-4,9-10,14-17,27-28,31-32,39-47,65,77-78H,5-8,11-13,18-26,29-30,60H2,1-2H3,(H,63,67)(H,66,89)(H,68,79)(H,69,85)(H,70,84)(H,71,82)(H,72,88)(H,73,87)(H,74,83)(H,75,86)(H,80,81)(H4,61,62,64);1H3,(H,3,4)/t39-,40+,41+,42+,43+,44+,45+,46+,47+;/m1./s1. The van der Waals surface area contributed by atoms with Gasteiger partial charge in [-0.25, -0.2) is 4.98 Å². The number of para-hydroxylation sites is 1. The second-order valence-corrected chi connectivity index (χ2v) is 23.2. The monoisotopic (exact) mass is 1310 g/mol. The number of aromatic amines is 2. The number of guanidine groups is 1. The largest absolute Gasteiger partial charge is 0.508 e. The summed E-state index contributed by atoms with van der Waals surface area (Å²) in [7, 11) is 0. The van der Waals surface area contributed by atoms with Crippen molar-refractivity contribution in [2.45, 2.75) is 159 Å². The van der Waals surface area contributed by atoms with E-state index in [-0.39, 0.29) is 114 Å². The zero-order valence-electron chi connectivity index (χ0n) is 52.6. The highest BCUT2D eigenvalue weighted by Gasteiger charge is 2.40. The molecular weight excluding hydrogens is 1230 g/mol. The van der Waals surface area contributed by atoms with E-state index in [2.05, 4.69) is 67.8 Å². The van der Waals surface area contributed by atoms with Crippen LogP contribution in [0, 0.1) is 5.92 Å². The second-order valence-electron chi connectivity index (χ2n) is 23.2. The quantitative estimate of drug-likeness (QED) is 0.0123. The molecule has 0 unspecified atom stereocenters. The number of hydrogen-bond acceptors (Lipinski definition) is 17. The minimum Gasteiger partial charge on any atom is -0.508 e. The normalized spacial score (nSPS) is 16.4. The van der Waals surface area contributed by atoms with E-state index < -0.39 is 133 Å². The Hall–Kier alpha value is -10.2. The van der Waals surface area contributed by atoms with Gasteiger partial charge in [0, 0.05) is 74.7 Å². The number of aliphatic carboxylic acids is 2. The lowest BCUT2D eigenvalue weighted by atomic mass is 10.00. The summed E-state index contributed by atoms with van der Waals surface area (Å²) >= 11 is 0. The van der Waals surface area contributed by atoms with Gasteiger partial charge in [-0.05, 0) is 99.6 Å². The maximum atomic E-state index is 14.7. The number of carboxylic acid groups (broad SMARTS) is 2. The molecule has 0 aliphatic carbocycles. The van der Waals surface area contributed by atoms with Crippen molar-refractivity contribution in [1.29, 1.82) is 0 Å². The number of nitrogens with one attached hydrogen (secondary N) is 11. The van der Waals surface area contributed by atoms with Gasteiger partial charge in [-0.2, -0.15) is 0 Å². The van der Waals surface area contributed by atoms with Gasteiger partial charge in [0.05, 0.1) is 12.9 Å². The molecule has 94 heavy (non-hydrogen) atoms. The van der Waals surface area contributed by atoms with Gasteiger partial charge < -0.3 is 100 Å². The third kappa shape index (κ3) is 24.1. The molecule has 21 N–H and O–H groups in total. The van der Waals surface area contributed by atoms with Crippen LogP contribution in [0.4, 0.5) is 0 Å². The maximum Gasteiger partial charge on any atom is 0.322 e. The fourth-order valence-corrected chi connectivity index (χ4v) is 10.6. The number of hydrogen-bond donors (Lipinski definition) is 18. The maximum absolute atomic E-state index is 14.7. The number of phenolic OH excluding ortho intramolecular Hbond substituents is 1. The average molecular weight is 1310 g/mol. The van der Waals surface area contributed by atoms with Crippen LogP contribution in [-0.2, 0) is 76.8 Å². The van der Waals surface area contributed by atoms with Crippen LogP contribution in [0.25, 0.3) is 10.9 Å². The summed E-state index contributed by atoms with van der Waals surface area (Å²) in [4.78, 5) is 175. The Morgan fingerprint density at radius 3 is 1.89 bits per heavy atom. The molecule has 0 saturated carbocycles. The number of aliphatic hydroxyl groups excluding tert-OH is 1. The molecule has 33 nitrogen and oxygen atoms in total. The van der Waals surface area contributed by atoms with E-state index >= 15 is 0 Å². The van der Waals surface area contributed by atoms with E-state index in [9.17, 15) is 63.0 Å². The molecule has 10 amide bonds. The van der Waals surface area contributed by atoms with Crippen molar-refractivity contribution in [3.63, 3.8) is 0 Å². The Morgan fingerprint density at radius 1 is 0.702 bits per heavy atom. The number of fused-ring (bicyclic) bond motifs is 1. The summed E-state index contributed by atoms with van der Waals surface area (Å²) in [5.41, 5.74) is 19.0. The SMILES string of the molecule is CC(=O)O.CC(C)C[C@H](NC(=O)[C@@H](CCCCN)NC(=O)[C@H](Cc1ccc(O)cc1)NC(=O)[C@H](CO)NC(=O)[C@H](Cc1c[nH]c2ccccc12)NC(=O)[C@H](Cc1cnc[nH]1)NC(=O)[C@@H]1CCC(=O)N1)C(=O)N[C@@H](CCCN=C(N)N)C(=O)N1CCC[C@H]1C(=O)NCC(=O)O. The first-order valence-electron chi connectivity index (χ1n) is 30.8. The molecule has 2 fully saturated rings. The number of amides is 10. The van der Waals surface area contributed by atoms with E-state index in [4.69, 9.17) is 32.2 Å². The second kappa shape index (κ2) is 37.4. The molecule has 2 aliphatic rings. The number of carboxylic acids is 2. The lowest BCUT2D eigenvalue weighted by molar-refractivity contribution is -0.143. The minimum atomic E-state index is -1.78. The average Bonchev–Trinajstić information content (AvgIpc) is 1.62. The van der Waals surface area contributed by atoms with Crippen molar-refractivity contribution in [1.82, 2.24) is 67.7 Å². The van der Waals surface area contributed by atoms with Gasteiger partial charge in [0.25, 0.3) is 5.97 Å². The zero-order chi connectivity index (χ0) is 69.0. The number of nitrogens with two attached hydrogens (primary N) is 3. The summed E-state index contributed by atoms with van der Waals surface area (Å²) < 4.78 is 0. The van der Waals surface area contributed by atoms with Gasteiger partial charge in [-0.3, -0.25) is 62.5 Å². The van der Waals surface area contributed by atoms with Crippen molar-refractivity contribution < 1.29 is 78.0 Å². The predicted molar refractivity (Wildman–Crippen MR) is 339 cm³/mol. The number of aliphatic hydroxyl groups is 1. The van der Waals surface area contributed by atoms with Crippen LogP contribution in [0.2, 0.25) is 0 Å². The van der Waals surface area contributed by atoms with E-state index in [1.165, 1.54) is 41.7 Å². The van der Waals surface area contributed by atoms with Crippen LogP contribution in [0.15, 0.2) is 72.2 Å². The lowest BCUT2D eigenvalue weighted by Gasteiger charge is -2.30. The van der Waals surface area contributed by atoms with Crippen molar-refractivity contribution >= 4 is 87.9 Å². The Kier molecular flexibility index (Phi) is 29.6. The number of carbonyl (C=O) groups excluding carboxylic acids is 10. The fraction of sp³-hybridized carbons (Fsp3) is 0.508. The van der Waals surface area contributed by atoms with Crippen LogP contribution in [0.5, 0.6) is 5.75 Å². The molecule has 2 aliphatic heterocycles. The lowest BCUT2D eigenvalue weighted by Crippen LogP contribution is -2.61. The Morgan fingerprint density at radius 2 is 1.29 bits per heavy atom. The molecule has 4 heterocycles. The molecule has 2 saturated heterocycles. The van der Waals surface area contributed by atoms with Gasteiger partial charge >= 0.3 is 5.97 Å². The Labute approximate surface area is 541 Å². The van der Waals surface area contributed by atoms with E-state index in [1.54, 1.807) is 44.3 Å². The smallest absolute Gasteiger partial charge is 0.322 e. The number of aromatic hydroxyl groups is 1.